The zero-order valence-electron chi connectivity index (χ0n) is 16.2. The summed E-state index contributed by atoms with van der Waals surface area (Å²) in [4.78, 5) is 31.9. The normalized spacial score (nSPS) is 15.8. The fraction of sp³-hybridized carbons (Fsp3) is 0.190. The van der Waals surface area contributed by atoms with Crippen LogP contribution in [0.25, 0.3) is 0 Å². The molecule has 2 heterocycles. The molecule has 9 heteroatoms. The van der Waals surface area contributed by atoms with Crippen molar-refractivity contribution in [2.24, 2.45) is 5.92 Å². The molecule has 154 valence electrons. The molecule has 1 unspecified atom stereocenters. The molecular formula is C21H20N4O3S2. The molecule has 2 N–H and O–H groups in total. The topological polar surface area (TPSA) is 83.6 Å². The minimum Gasteiger partial charge on any atom is -0.497 e. The predicted molar refractivity (Wildman–Crippen MR) is 120 cm³/mol. The third kappa shape index (κ3) is 4.74. The molecule has 3 aromatic rings. The maximum Gasteiger partial charge on any atom is 0.229 e. The quantitative estimate of drug-likeness (QED) is 0.534. The SMILES string of the molecule is COc1ccc(N2CC(C(=O)Nc3ccc(SNc4nccs4)cc3)CC2=O)cc1. The summed E-state index contributed by atoms with van der Waals surface area (Å²) in [7, 11) is 1.60. The number of anilines is 3. The fourth-order valence-electron chi connectivity index (χ4n) is 3.12. The lowest BCUT2D eigenvalue weighted by molar-refractivity contribution is -0.122. The van der Waals surface area contributed by atoms with Crippen LogP contribution in [-0.2, 0) is 9.59 Å². The van der Waals surface area contributed by atoms with E-state index in [0.29, 0.717) is 12.2 Å². The molecule has 7 nitrogen and oxygen atoms in total. The maximum absolute atomic E-state index is 12.7. The van der Waals surface area contributed by atoms with Crippen molar-refractivity contribution in [1.82, 2.24) is 4.98 Å². The molecule has 0 spiro atoms. The van der Waals surface area contributed by atoms with Gasteiger partial charge in [-0.05, 0) is 60.5 Å². The molecule has 1 fully saturated rings. The Hall–Kier alpha value is -3.04. The van der Waals surface area contributed by atoms with Gasteiger partial charge in [-0.1, -0.05) is 0 Å². The number of carbonyl (C=O) groups excluding carboxylic acids is 2. The summed E-state index contributed by atoms with van der Waals surface area (Å²) in [6.07, 6.45) is 1.94. The van der Waals surface area contributed by atoms with E-state index in [9.17, 15) is 9.59 Å². The lowest BCUT2D eigenvalue weighted by Gasteiger charge is -2.17. The van der Waals surface area contributed by atoms with Crippen molar-refractivity contribution in [3.05, 3.63) is 60.1 Å². The minimum atomic E-state index is -0.389. The first-order valence-corrected chi connectivity index (χ1v) is 11.0. The molecule has 0 radical (unpaired) electrons. The van der Waals surface area contributed by atoms with Crippen molar-refractivity contribution >= 4 is 51.6 Å². The van der Waals surface area contributed by atoms with E-state index in [4.69, 9.17) is 4.74 Å². The van der Waals surface area contributed by atoms with Gasteiger partial charge in [-0.25, -0.2) is 4.98 Å². The number of rotatable bonds is 7. The van der Waals surface area contributed by atoms with E-state index >= 15 is 0 Å². The van der Waals surface area contributed by atoms with Crippen LogP contribution in [0.2, 0.25) is 0 Å². The summed E-state index contributed by atoms with van der Waals surface area (Å²) in [5.74, 6) is 0.129. The van der Waals surface area contributed by atoms with Crippen LogP contribution in [0.15, 0.2) is 65.0 Å². The van der Waals surface area contributed by atoms with Crippen LogP contribution in [0.5, 0.6) is 5.75 Å². The van der Waals surface area contributed by atoms with Crippen LogP contribution in [0, 0.1) is 5.92 Å². The van der Waals surface area contributed by atoms with Gasteiger partial charge in [0.1, 0.15) is 5.75 Å². The smallest absolute Gasteiger partial charge is 0.229 e. The Kier molecular flexibility index (Phi) is 6.20. The Balaban J connectivity index is 1.32. The lowest BCUT2D eigenvalue weighted by atomic mass is 10.1. The average molecular weight is 441 g/mol. The Morgan fingerprint density at radius 3 is 2.63 bits per heavy atom. The molecule has 4 rings (SSSR count). The van der Waals surface area contributed by atoms with Gasteiger partial charge in [-0.15, -0.1) is 11.3 Å². The number of hydrogen-bond donors (Lipinski definition) is 2. The molecule has 30 heavy (non-hydrogen) atoms. The zero-order chi connectivity index (χ0) is 20.9. The molecule has 1 aromatic heterocycles. The van der Waals surface area contributed by atoms with Gasteiger partial charge in [0.2, 0.25) is 11.8 Å². The maximum atomic E-state index is 12.7. The number of carbonyl (C=O) groups is 2. The Morgan fingerprint density at radius 1 is 1.20 bits per heavy atom. The predicted octanol–water partition coefficient (Wildman–Crippen LogP) is 4.26. The molecule has 1 atom stereocenters. The first-order chi connectivity index (χ1) is 14.6. The number of methoxy groups -OCH3 is 1. The standard InChI is InChI=1S/C21H20N4O3S2/c1-28-17-6-4-16(5-7-17)25-13-14(12-19(25)26)20(27)23-15-2-8-18(9-3-15)30-24-21-22-10-11-29-21/h2-11,14H,12-13H2,1H3,(H,22,24)(H,23,27). The highest BCUT2D eigenvalue weighted by molar-refractivity contribution is 8.00. The molecule has 1 saturated heterocycles. The highest BCUT2D eigenvalue weighted by Crippen LogP contribution is 2.28. The second kappa shape index (κ2) is 9.19. The third-order valence-electron chi connectivity index (χ3n) is 4.69. The first kappa shape index (κ1) is 20.2. The van der Waals surface area contributed by atoms with Gasteiger partial charge in [0.05, 0.1) is 13.0 Å². The zero-order valence-corrected chi connectivity index (χ0v) is 17.8. The largest absolute Gasteiger partial charge is 0.497 e. The second-order valence-electron chi connectivity index (χ2n) is 6.66. The summed E-state index contributed by atoms with van der Waals surface area (Å²) < 4.78 is 8.32. The molecule has 2 aromatic carbocycles. The summed E-state index contributed by atoms with van der Waals surface area (Å²) in [6, 6.07) is 14.8. The Labute approximate surface area is 182 Å². The highest BCUT2D eigenvalue weighted by Gasteiger charge is 2.35. The van der Waals surface area contributed by atoms with Crippen molar-refractivity contribution in [2.45, 2.75) is 11.3 Å². The molecule has 0 bridgehead atoms. The van der Waals surface area contributed by atoms with Crippen LogP contribution >= 0.6 is 23.3 Å². The van der Waals surface area contributed by atoms with Gasteiger partial charge < -0.3 is 19.7 Å². The number of aromatic nitrogens is 1. The van der Waals surface area contributed by atoms with E-state index in [1.807, 2.05) is 41.8 Å². The highest BCUT2D eigenvalue weighted by atomic mass is 32.2. The summed E-state index contributed by atoms with van der Waals surface area (Å²) >= 11 is 2.99. The Bertz CT molecular complexity index is 1010. The van der Waals surface area contributed by atoms with Gasteiger partial charge in [0.15, 0.2) is 5.13 Å². The van der Waals surface area contributed by atoms with E-state index < -0.39 is 0 Å². The van der Waals surface area contributed by atoms with Gasteiger partial charge in [-0.2, -0.15) is 0 Å². The monoisotopic (exact) mass is 440 g/mol. The molecule has 0 saturated carbocycles. The minimum absolute atomic E-state index is 0.0553. The number of nitrogens with one attached hydrogen (secondary N) is 2. The number of hydrogen-bond acceptors (Lipinski definition) is 7. The number of amides is 2. The van der Waals surface area contributed by atoms with Crippen LogP contribution in [-0.4, -0.2) is 30.5 Å². The molecule has 2 amide bonds. The van der Waals surface area contributed by atoms with Crippen molar-refractivity contribution in [3.63, 3.8) is 0 Å². The van der Waals surface area contributed by atoms with E-state index in [-0.39, 0.29) is 24.2 Å². The van der Waals surface area contributed by atoms with Crippen LogP contribution in [0.1, 0.15) is 6.42 Å². The lowest BCUT2D eigenvalue weighted by Crippen LogP contribution is -2.28. The summed E-state index contributed by atoms with van der Waals surface area (Å²) in [6.45, 7) is 0.364. The summed E-state index contributed by atoms with van der Waals surface area (Å²) in [5, 5.41) is 5.66. The molecule has 0 aliphatic carbocycles. The van der Waals surface area contributed by atoms with Crippen LogP contribution in [0.3, 0.4) is 0 Å². The third-order valence-corrected chi connectivity index (χ3v) is 6.31. The number of ether oxygens (including phenoxy) is 1. The molecule has 1 aliphatic rings. The molecular weight excluding hydrogens is 420 g/mol. The first-order valence-electron chi connectivity index (χ1n) is 9.30. The van der Waals surface area contributed by atoms with E-state index in [2.05, 4.69) is 15.0 Å². The number of benzene rings is 2. The van der Waals surface area contributed by atoms with Crippen LogP contribution < -0.4 is 19.7 Å². The van der Waals surface area contributed by atoms with Crippen molar-refractivity contribution in [3.8, 4) is 5.75 Å². The fourth-order valence-corrected chi connectivity index (χ4v) is 4.34. The number of thiazole rings is 1. The van der Waals surface area contributed by atoms with Crippen LogP contribution in [0.4, 0.5) is 16.5 Å². The second-order valence-corrected chi connectivity index (χ2v) is 8.43. The Morgan fingerprint density at radius 2 is 1.97 bits per heavy atom. The summed E-state index contributed by atoms with van der Waals surface area (Å²) in [5.41, 5.74) is 1.47. The van der Waals surface area contributed by atoms with E-state index in [1.54, 1.807) is 30.3 Å². The number of nitrogens with zero attached hydrogens (tertiary/aromatic N) is 2. The average Bonchev–Trinajstić information content (AvgIpc) is 3.43. The van der Waals surface area contributed by atoms with Gasteiger partial charge >= 0.3 is 0 Å². The van der Waals surface area contributed by atoms with Gasteiger partial charge in [0.25, 0.3) is 0 Å². The van der Waals surface area contributed by atoms with Crippen molar-refractivity contribution < 1.29 is 14.3 Å². The van der Waals surface area contributed by atoms with Crippen molar-refractivity contribution in [2.75, 3.05) is 28.6 Å². The van der Waals surface area contributed by atoms with Gasteiger partial charge in [0, 0.05) is 40.8 Å². The van der Waals surface area contributed by atoms with Crippen molar-refractivity contribution in [1.29, 1.82) is 0 Å². The molecule has 1 aliphatic heterocycles. The van der Waals surface area contributed by atoms with Gasteiger partial charge in [-0.3, -0.25) is 9.59 Å². The van der Waals surface area contributed by atoms with E-state index in [0.717, 1.165) is 21.5 Å². The van der Waals surface area contributed by atoms with E-state index in [1.165, 1.54) is 23.3 Å².